The molecule has 3 heterocycles. The van der Waals surface area contributed by atoms with Crippen LogP contribution in [-0.4, -0.2) is 42.8 Å². The van der Waals surface area contributed by atoms with Gasteiger partial charge in [0.15, 0.2) is 0 Å². The summed E-state index contributed by atoms with van der Waals surface area (Å²) in [7, 11) is 1.60. The predicted molar refractivity (Wildman–Crippen MR) is 80.8 cm³/mol. The average Bonchev–Trinajstić information content (AvgIpc) is 2.54. The highest BCUT2D eigenvalue weighted by Gasteiger charge is 2.15. The number of pyridine rings is 1. The van der Waals surface area contributed by atoms with Crippen LogP contribution >= 0.6 is 0 Å². The maximum atomic E-state index is 12.4. The van der Waals surface area contributed by atoms with Crippen molar-refractivity contribution >= 4 is 16.9 Å². The number of amides is 1. The van der Waals surface area contributed by atoms with Crippen molar-refractivity contribution < 1.29 is 4.79 Å². The standard InChI is InChI=1S/C14H12N6O3/c1-20(7-10-15-3-2-4-16-10)13(22)8-5-9-11(17-6-8)18-14(23)19-12(9)21/h2-6H,7H2,1H3,(H2,17,18,19,21,23). The average molecular weight is 312 g/mol. The third-order valence-corrected chi connectivity index (χ3v) is 3.18. The fraction of sp³-hybridized carbons (Fsp3) is 0.143. The van der Waals surface area contributed by atoms with Crippen molar-refractivity contribution in [1.29, 1.82) is 0 Å². The molecule has 23 heavy (non-hydrogen) atoms. The molecule has 0 saturated carbocycles. The molecule has 0 aliphatic carbocycles. The van der Waals surface area contributed by atoms with E-state index in [0.29, 0.717) is 5.82 Å². The Morgan fingerprint density at radius 1 is 1.17 bits per heavy atom. The Labute approximate surface area is 129 Å². The highest BCUT2D eigenvalue weighted by atomic mass is 16.2. The molecule has 3 aromatic heterocycles. The quantitative estimate of drug-likeness (QED) is 0.682. The van der Waals surface area contributed by atoms with Crippen LogP contribution in [0.15, 0.2) is 40.3 Å². The second-order valence-corrected chi connectivity index (χ2v) is 4.85. The molecule has 116 valence electrons. The van der Waals surface area contributed by atoms with Gasteiger partial charge < -0.3 is 4.90 Å². The largest absolute Gasteiger partial charge is 0.334 e. The molecule has 0 aliphatic heterocycles. The topological polar surface area (TPSA) is 125 Å². The first-order valence-corrected chi connectivity index (χ1v) is 6.68. The first kappa shape index (κ1) is 14.6. The lowest BCUT2D eigenvalue weighted by Crippen LogP contribution is -2.28. The molecule has 0 aliphatic rings. The van der Waals surface area contributed by atoms with E-state index in [1.54, 1.807) is 25.5 Å². The molecular weight excluding hydrogens is 300 g/mol. The van der Waals surface area contributed by atoms with E-state index in [4.69, 9.17) is 0 Å². The van der Waals surface area contributed by atoms with E-state index >= 15 is 0 Å². The molecule has 0 atom stereocenters. The Balaban J connectivity index is 1.91. The third-order valence-electron chi connectivity index (χ3n) is 3.18. The minimum Gasteiger partial charge on any atom is -0.334 e. The fourth-order valence-corrected chi connectivity index (χ4v) is 2.08. The van der Waals surface area contributed by atoms with Crippen LogP contribution < -0.4 is 11.2 Å². The van der Waals surface area contributed by atoms with E-state index in [9.17, 15) is 14.4 Å². The molecule has 0 spiro atoms. The van der Waals surface area contributed by atoms with Crippen LogP contribution in [0, 0.1) is 0 Å². The normalized spacial score (nSPS) is 10.7. The lowest BCUT2D eigenvalue weighted by atomic mass is 10.2. The summed E-state index contributed by atoms with van der Waals surface area (Å²) in [6.07, 6.45) is 4.49. The van der Waals surface area contributed by atoms with E-state index in [2.05, 4.69) is 24.9 Å². The molecule has 2 N–H and O–H groups in total. The van der Waals surface area contributed by atoms with Crippen LogP contribution in [0.3, 0.4) is 0 Å². The summed E-state index contributed by atoms with van der Waals surface area (Å²) >= 11 is 0. The van der Waals surface area contributed by atoms with Gasteiger partial charge in [-0.3, -0.25) is 19.6 Å². The van der Waals surface area contributed by atoms with Gasteiger partial charge in [0, 0.05) is 25.6 Å². The molecule has 0 fully saturated rings. The van der Waals surface area contributed by atoms with E-state index in [1.165, 1.54) is 17.2 Å². The zero-order valence-electron chi connectivity index (χ0n) is 12.1. The molecule has 0 unspecified atom stereocenters. The summed E-state index contributed by atoms with van der Waals surface area (Å²) in [5, 5.41) is 0.139. The summed E-state index contributed by atoms with van der Waals surface area (Å²) in [5.41, 5.74) is -0.884. The maximum Gasteiger partial charge on any atom is 0.327 e. The van der Waals surface area contributed by atoms with Crippen LogP contribution in [-0.2, 0) is 6.54 Å². The molecule has 0 aromatic carbocycles. The van der Waals surface area contributed by atoms with E-state index in [0.717, 1.165) is 0 Å². The number of hydrogen-bond donors (Lipinski definition) is 2. The first-order chi connectivity index (χ1) is 11.0. The highest BCUT2D eigenvalue weighted by molar-refractivity contribution is 5.96. The van der Waals surface area contributed by atoms with Crippen molar-refractivity contribution in [3.8, 4) is 0 Å². The number of rotatable bonds is 3. The van der Waals surface area contributed by atoms with Crippen LogP contribution in [0.25, 0.3) is 11.0 Å². The van der Waals surface area contributed by atoms with Gasteiger partial charge in [-0.2, -0.15) is 0 Å². The van der Waals surface area contributed by atoms with Gasteiger partial charge in [0.1, 0.15) is 11.5 Å². The molecule has 9 heteroatoms. The monoisotopic (exact) mass is 312 g/mol. The first-order valence-electron chi connectivity index (χ1n) is 6.68. The van der Waals surface area contributed by atoms with Crippen molar-refractivity contribution in [3.63, 3.8) is 0 Å². The van der Waals surface area contributed by atoms with Gasteiger partial charge in [-0.1, -0.05) is 0 Å². The number of hydrogen-bond acceptors (Lipinski definition) is 6. The summed E-state index contributed by atoms with van der Waals surface area (Å²) in [6, 6.07) is 3.08. The number of nitrogens with zero attached hydrogens (tertiary/aromatic N) is 4. The number of carbonyl (C=O) groups excluding carboxylic acids is 1. The van der Waals surface area contributed by atoms with Crippen molar-refractivity contribution in [2.75, 3.05) is 7.05 Å². The maximum absolute atomic E-state index is 12.4. The van der Waals surface area contributed by atoms with Crippen LogP contribution in [0.1, 0.15) is 16.2 Å². The molecule has 3 aromatic rings. The molecule has 0 bridgehead atoms. The number of aromatic amines is 2. The molecule has 3 rings (SSSR count). The summed E-state index contributed by atoms with van der Waals surface area (Å²) < 4.78 is 0. The molecule has 0 radical (unpaired) electrons. The predicted octanol–water partition coefficient (Wildman–Crippen LogP) is -0.326. The second-order valence-electron chi connectivity index (χ2n) is 4.85. The zero-order chi connectivity index (χ0) is 16.4. The summed E-state index contributed by atoms with van der Waals surface area (Å²) in [5.74, 6) is 0.164. The van der Waals surface area contributed by atoms with Crippen LogP contribution in [0.5, 0.6) is 0 Å². The van der Waals surface area contributed by atoms with Gasteiger partial charge in [-0.15, -0.1) is 0 Å². The number of aromatic nitrogens is 5. The fourth-order valence-electron chi connectivity index (χ4n) is 2.08. The number of carbonyl (C=O) groups is 1. The number of nitrogens with one attached hydrogen (secondary N) is 2. The SMILES string of the molecule is CN(Cc1ncccn1)C(=O)c1cnc2[nH]c(=O)[nH]c(=O)c2c1. The Morgan fingerprint density at radius 3 is 2.65 bits per heavy atom. The van der Waals surface area contributed by atoms with Crippen LogP contribution in [0.2, 0.25) is 0 Å². The van der Waals surface area contributed by atoms with Crippen LogP contribution in [0.4, 0.5) is 0 Å². The summed E-state index contributed by atoms with van der Waals surface area (Å²) in [6.45, 7) is 0.222. The molecular formula is C14H12N6O3. The minimum absolute atomic E-state index is 0.129. The smallest absolute Gasteiger partial charge is 0.327 e. The number of fused-ring (bicyclic) bond motifs is 1. The summed E-state index contributed by atoms with van der Waals surface area (Å²) in [4.78, 5) is 53.4. The van der Waals surface area contributed by atoms with Gasteiger partial charge in [0.05, 0.1) is 17.5 Å². The molecule has 0 saturated heterocycles. The van der Waals surface area contributed by atoms with Gasteiger partial charge in [0.2, 0.25) is 0 Å². The van der Waals surface area contributed by atoms with Crippen molar-refractivity contribution in [2.24, 2.45) is 0 Å². The third kappa shape index (κ3) is 2.98. The Kier molecular flexibility index (Phi) is 3.67. The van der Waals surface area contributed by atoms with E-state index in [1.807, 2.05) is 0 Å². The Bertz CT molecular complexity index is 979. The lowest BCUT2D eigenvalue weighted by molar-refractivity contribution is 0.0781. The van der Waals surface area contributed by atoms with Gasteiger partial charge >= 0.3 is 5.69 Å². The van der Waals surface area contributed by atoms with Crippen molar-refractivity contribution in [3.05, 3.63) is 62.9 Å². The van der Waals surface area contributed by atoms with E-state index in [-0.39, 0.29) is 29.0 Å². The van der Waals surface area contributed by atoms with E-state index < -0.39 is 11.2 Å². The number of H-pyrrole nitrogens is 2. The van der Waals surface area contributed by atoms with Gasteiger partial charge in [-0.25, -0.2) is 19.7 Å². The van der Waals surface area contributed by atoms with Crippen molar-refractivity contribution in [2.45, 2.75) is 6.54 Å². The lowest BCUT2D eigenvalue weighted by Gasteiger charge is -2.16. The highest BCUT2D eigenvalue weighted by Crippen LogP contribution is 2.09. The molecule has 1 amide bonds. The van der Waals surface area contributed by atoms with Gasteiger partial charge in [-0.05, 0) is 12.1 Å². The Morgan fingerprint density at radius 2 is 1.91 bits per heavy atom. The minimum atomic E-state index is -0.646. The van der Waals surface area contributed by atoms with Gasteiger partial charge in [0.25, 0.3) is 11.5 Å². The molecule has 9 nitrogen and oxygen atoms in total. The Hall–Kier alpha value is -3.36. The van der Waals surface area contributed by atoms with Crippen molar-refractivity contribution in [1.82, 2.24) is 29.8 Å². The zero-order valence-corrected chi connectivity index (χ0v) is 12.1. The second kappa shape index (κ2) is 5.79.